The van der Waals surface area contributed by atoms with E-state index in [9.17, 15) is 4.79 Å². The first-order valence-electron chi connectivity index (χ1n) is 4.28. The van der Waals surface area contributed by atoms with Gasteiger partial charge >= 0.3 is 5.97 Å². The van der Waals surface area contributed by atoms with Crippen molar-refractivity contribution in [2.45, 2.75) is 13.5 Å². The molecule has 0 aromatic carbocycles. The Morgan fingerprint density at radius 2 is 2.43 bits per heavy atom. The van der Waals surface area contributed by atoms with Crippen molar-refractivity contribution < 1.29 is 9.53 Å². The second kappa shape index (κ2) is 5.29. The topological polar surface area (TPSA) is 64.1 Å². The molecule has 1 aromatic heterocycles. The molecule has 0 saturated carbocycles. The van der Waals surface area contributed by atoms with E-state index < -0.39 is 0 Å². The number of esters is 1. The molecule has 0 aliphatic rings. The van der Waals surface area contributed by atoms with Crippen LogP contribution in [0.1, 0.15) is 11.5 Å². The second-order valence-electron chi connectivity index (χ2n) is 2.77. The summed E-state index contributed by atoms with van der Waals surface area (Å²) in [4.78, 5) is 18.9. The van der Waals surface area contributed by atoms with Gasteiger partial charge in [-0.05, 0) is 13.0 Å². The first-order valence-corrected chi connectivity index (χ1v) is 4.28. The predicted molar refractivity (Wildman–Crippen MR) is 50.5 cm³/mol. The second-order valence-corrected chi connectivity index (χ2v) is 2.77. The number of carbonyl (C=O) groups excluding carboxylic acids is 1. The summed E-state index contributed by atoms with van der Waals surface area (Å²) in [7, 11) is 1.36. The zero-order chi connectivity index (χ0) is 10.4. The monoisotopic (exact) mass is 195 g/mol. The standard InChI is InChI=1S/C9H13N3O2/c1-7-11-4-3-8(12-7)5-10-6-9(13)14-2/h3-4,10H,5-6H2,1-2H3. The van der Waals surface area contributed by atoms with Gasteiger partial charge < -0.3 is 10.1 Å². The molecule has 0 aliphatic heterocycles. The van der Waals surface area contributed by atoms with Crippen LogP contribution in [0.4, 0.5) is 0 Å². The molecular weight excluding hydrogens is 182 g/mol. The Balaban J connectivity index is 2.35. The summed E-state index contributed by atoms with van der Waals surface area (Å²) in [6, 6.07) is 1.80. The number of ether oxygens (including phenoxy) is 1. The number of aryl methyl sites for hydroxylation is 1. The molecule has 0 saturated heterocycles. The van der Waals surface area contributed by atoms with Crippen LogP contribution in [0.5, 0.6) is 0 Å². The van der Waals surface area contributed by atoms with Crippen LogP contribution in [-0.4, -0.2) is 29.6 Å². The van der Waals surface area contributed by atoms with Crippen LogP contribution in [0.25, 0.3) is 0 Å². The highest BCUT2D eigenvalue weighted by Gasteiger charge is 1.99. The normalized spacial score (nSPS) is 9.86. The zero-order valence-corrected chi connectivity index (χ0v) is 8.28. The number of hydrogen-bond donors (Lipinski definition) is 1. The highest BCUT2D eigenvalue weighted by Crippen LogP contribution is 1.93. The predicted octanol–water partition coefficient (Wildman–Crippen LogP) is 0.0476. The minimum atomic E-state index is -0.282. The largest absolute Gasteiger partial charge is 0.468 e. The third-order valence-electron chi connectivity index (χ3n) is 1.64. The maximum atomic E-state index is 10.8. The minimum absolute atomic E-state index is 0.194. The van der Waals surface area contributed by atoms with Crippen molar-refractivity contribution in [1.82, 2.24) is 15.3 Å². The fraction of sp³-hybridized carbons (Fsp3) is 0.444. The molecule has 5 nitrogen and oxygen atoms in total. The molecule has 1 rings (SSSR count). The van der Waals surface area contributed by atoms with Crippen LogP contribution in [0.3, 0.4) is 0 Å². The molecule has 14 heavy (non-hydrogen) atoms. The van der Waals surface area contributed by atoms with Gasteiger partial charge in [-0.25, -0.2) is 9.97 Å². The summed E-state index contributed by atoms with van der Waals surface area (Å²) in [5.74, 6) is 0.443. The van der Waals surface area contributed by atoms with Gasteiger partial charge in [-0.15, -0.1) is 0 Å². The van der Waals surface area contributed by atoms with Crippen LogP contribution < -0.4 is 5.32 Å². The van der Waals surface area contributed by atoms with Gasteiger partial charge in [0, 0.05) is 12.7 Å². The van der Waals surface area contributed by atoms with E-state index in [4.69, 9.17) is 0 Å². The molecule has 0 spiro atoms. The zero-order valence-electron chi connectivity index (χ0n) is 8.28. The maximum Gasteiger partial charge on any atom is 0.319 e. The van der Waals surface area contributed by atoms with Gasteiger partial charge in [0.25, 0.3) is 0 Å². The molecule has 1 N–H and O–H groups in total. The van der Waals surface area contributed by atoms with Gasteiger partial charge in [-0.3, -0.25) is 4.79 Å². The van der Waals surface area contributed by atoms with E-state index in [2.05, 4.69) is 20.0 Å². The Labute approximate surface area is 82.5 Å². The van der Waals surface area contributed by atoms with Crippen molar-refractivity contribution >= 4 is 5.97 Å². The molecule has 76 valence electrons. The summed E-state index contributed by atoms with van der Waals surface area (Å²) < 4.78 is 4.48. The molecule has 1 aromatic rings. The molecule has 0 aliphatic carbocycles. The number of methoxy groups -OCH3 is 1. The molecule has 0 unspecified atom stereocenters. The third-order valence-corrected chi connectivity index (χ3v) is 1.64. The number of rotatable bonds is 4. The lowest BCUT2D eigenvalue weighted by atomic mass is 10.4. The third kappa shape index (κ3) is 3.49. The molecule has 0 amide bonds. The van der Waals surface area contributed by atoms with Crippen molar-refractivity contribution in [2.24, 2.45) is 0 Å². The number of carbonyl (C=O) groups is 1. The average Bonchev–Trinajstić information content (AvgIpc) is 2.17. The van der Waals surface area contributed by atoms with Gasteiger partial charge in [-0.2, -0.15) is 0 Å². The van der Waals surface area contributed by atoms with E-state index in [0.29, 0.717) is 6.54 Å². The van der Waals surface area contributed by atoms with Gasteiger partial charge in [0.15, 0.2) is 0 Å². The van der Waals surface area contributed by atoms with Crippen molar-refractivity contribution in [1.29, 1.82) is 0 Å². The average molecular weight is 195 g/mol. The molecule has 0 fully saturated rings. The van der Waals surface area contributed by atoms with E-state index in [1.54, 1.807) is 12.3 Å². The van der Waals surface area contributed by atoms with E-state index in [1.807, 2.05) is 6.92 Å². The Bertz CT molecular complexity index is 315. The van der Waals surface area contributed by atoms with Crippen molar-refractivity contribution in [3.8, 4) is 0 Å². The quantitative estimate of drug-likeness (QED) is 0.687. The lowest BCUT2D eigenvalue weighted by Crippen LogP contribution is -2.23. The Morgan fingerprint density at radius 1 is 1.64 bits per heavy atom. The molecule has 0 bridgehead atoms. The van der Waals surface area contributed by atoms with Crippen LogP contribution >= 0.6 is 0 Å². The Hall–Kier alpha value is -1.49. The smallest absolute Gasteiger partial charge is 0.319 e. The highest BCUT2D eigenvalue weighted by atomic mass is 16.5. The maximum absolute atomic E-state index is 10.8. The lowest BCUT2D eigenvalue weighted by molar-refractivity contribution is -0.139. The number of nitrogens with one attached hydrogen (secondary N) is 1. The van der Waals surface area contributed by atoms with Crippen LogP contribution in [0, 0.1) is 6.92 Å². The summed E-state index contributed by atoms with van der Waals surface area (Å²) in [6.07, 6.45) is 1.69. The van der Waals surface area contributed by atoms with E-state index in [-0.39, 0.29) is 12.5 Å². The van der Waals surface area contributed by atoms with Gasteiger partial charge in [-0.1, -0.05) is 0 Å². The molecule has 0 radical (unpaired) electrons. The summed E-state index contributed by atoms with van der Waals surface area (Å²) in [6.45, 7) is 2.56. The van der Waals surface area contributed by atoms with Crippen molar-refractivity contribution in [3.05, 3.63) is 23.8 Å². The van der Waals surface area contributed by atoms with Gasteiger partial charge in [0.2, 0.25) is 0 Å². The number of hydrogen-bond acceptors (Lipinski definition) is 5. The first-order chi connectivity index (χ1) is 6.72. The molecule has 5 heteroatoms. The molecule has 1 heterocycles. The van der Waals surface area contributed by atoms with Crippen LogP contribution in [0.15, 0.2) is 12.3 Å². The fourth-order valence-electron chi connectivity index (χ4n) is 0.968. The summed E-state index contributed by atoms with van der Waals surface area (Å²) in [5.41, 5.74) is 0.862. The Kier molecular flexibility index (Phi) is 4.00. The minimum Gasteiger partial charge on any atom is -0.468 e. The van der Waals surface area contributed by atoms with Crippen molar-refractivity contribution in [3.63, 3.8) is 0 Å². The Morgan fingerprint density at radius 3 is 3.07 bits per heavy atom. The molecular formula is C9H13N3O2. The molecule has 0 atom stereocenters. The summed E-state index contributed by atoms with van der Waals surface area (Å²) >= 11 is 0. The first kappa shape index (κ1) is 10.6. The summed E-state index contributed by atoms with van der Waals surface area (Å²) in [5, 5.41) is 2.91. The van der Waals surface area contributed by atoms with Crippen molar-refractivity contribution in [2.75, 3.05) is 13.7 Å². The van der Waals surface area contributed by atoms with E-state index in [0.717, 1.165) is 11.5 Å². The fourth-order valence-corrected chi connectivity index (χ4v) is 0.968. The van der Waals surface area contributed by atoms with Crippen LogP contribution in [-0.2, 0) is 16.1 Å². The lowest BCUT2D eigenvalue weighted by Gasteiger charge is -2.02. The highest BCUT2D eigenvalue weighted by molar-refractivity contribution is 5.71. The van der Waals surface area contributed by atoms with Crippen LogP contribution in [0.2, 0.25) is 0 Å². The SMILES string of the molecule is COC(=O)CNCc1ccnc(C)n1. The van der Waals surface area contributed by atoms with Gasteiger partial charge in [0.1, 0.15) is 5.82 Å². The number of nitrogens with zero attached hydrogens (tertiary/aromatic N) is 2. The van der Waals surface area contributed by atoms with Gasteiger partial charge in [0.05, 0.1) is 19.3 Å². The number of aromatic nitrogens is 2. The van der Waals surface area contributed by atoms with E-state index in [1.165, 1.54) is 7.11 Å². The van der Waals surface area contributed by atoms with E-state index >= 15 is 0 Å².